The topological polar surface area (TPSA) is 9.72 Å². The van der Waals surface area contributed by atoms with Crippen molar-refractivity contribution in [3.8, 4) is 33.4 Å². The summed E-state index contributed by atoms with van der Waals surface area (Å²) in [6.07, 6.45) is 3.47. The van der Waals surface area contributed by atoms with Gasteiger partial charge in [-0.2, -0.15) is 0 Å². The maximum Gasteiger partial charge on any atom is 0.252 e. The average molecular weight is 1000 g/mol. The number of benzene rings is 9. The second-order valence-corrected chi connectivity index (χ2v) is 26.2. The smallest absolute Gasteiger partial charge is 0.252 e. The molecule has 3 heterocycles. The molecule has 9 aromatic carbocycles. The first-order valence-corrected chi connectivity index (χ1v) is 28.3. The van der Waals surface area contributed by atoms with E-state index in [1.165, 1.54) is 124 Å². The van der Waals surface area contributed by atoms with Gasteiger partial charge < -0.3 is 14.7 Å². The molecule has 2 atom stereocenters. The van der Waals surface area contributed by atoms with E-state index >= 15 is 0 Å². The number of fused-ring (bicyclic) bond motifs is 7. The summed E-state index contributed by atoms with van der Waals surface area (Å²) in [7, 11) is 0. The molecular formula is C73H72BN3. The molecule has 0 N–H and O–H groups in total. The second kappa shape index (κ2) is 17.5. The van der Waals surface area contributed by atoms with Gasteiger partial charge in [-0.1, -0.05) is 221 Å². The largest absolute Gasteiger partial charge is 0.334 e. The Labute approximate surface area is 459 Å². The van der Waals surface area contributed by atoms with E-state index in [0.717, 1.165) is 12.8 Å². The third-order valence-electron chi connectivity index (χ3n) is 18.4. The fourth-order valence-corrected chi connectivity index (χ4v) is 13.9. The van der Waals surface area contributed by atoms with Crippen molar-refractivity contribution < 1.29 is 0 Å². The van der Waals surface area contributed by atoms with E-state index in [1.54, 1.807) is 0 Å². The SMILES string of the molecule is CC(C)(C)c1ccc2c(c1)B1c3cc(-c4ccccc4)ccc3N(c3ccc(C(C)(C)C)cc3-c3ccccc3)c3cc(N4c5ccccc5C5(C)CCCC45C)cc(c31)N2c1ccc(C(C)(C)C)cc1-c1ccccc1. The average Bonchev–Trinajstić information content (AvgIpc) is 3.99. The molecule has 0 bridgehead atoms. The van der Waals surface area contributed by atoms with E-state index in [2.05, 4.69) is 291 Å². The number of para-hydroxylation sites is 1. The summed E-state index contributed by atoms with van der Waals surface area (Å²) in [5, 5.41) is 0. The molecule has 1 aliphatic carbocycles. The van der Waals surface area contributed by atoms with Crippen LogP contribution in [-0.2, 0) is 21.7 Å². The van der Waals surface area contributed by atoms with Gasteiger partial charge in [0, 0.05) is 50.7 Å². The first-order valence-electron chi connectivity index (χ1n) is 28.3. The number of anilines is 8. The second-order valence-electron chi connectivity index (χ2n) is 26.2. The maximum atomic E-state index is 2.78. The van der Waals surface area contributed by atoms with Gasteiger partial charge in [0.25, 0.3) is 6.71 Å². The standard InChI is InChI=1S/C73H72BN3/c1-69(2,3)52-33-37-61(56(43-52)49-26-17-13-18-27-49)75-64-36-32-51(48-24-15-12-16-25-48)42-59(64)74-60-45-54(71(7,8)9)35-39-65(60)76(62-38-34-53(70(4,5)6)44-57(62)50-28-19-14-20-29-50)67-47-55(46-66(75)68(67)74)77-63-31-22-21-30-58(63)72(10)40-23-41-73(72,77)11/h12-22,24-39,42-47H,23,40-41H2,1-11H3. The molecule has 77 heavy (non-hydrogen) atoms. The maximum absolute atomic E-state index is 2.78. The molecule has 0 saturated heterocycles. The normalized spacial score (nSPS) is 18.4. The highest BCUT2D eigenvalue weighted by atomic mass is 15.3. The molecule has 13 rings (SSSR count). The predicted octanol–water partition coefficient (Wildman–Crippen LogP) is 18.0. The number of hydrogen-bond acceptors (Lipinski definition) is 3. The zero-order valence-electron chi connectivity index (χ0n) is 47.1. The van der Waals surface area contributed by atoms with Crippen LogP contribution in [0.25, 0.3) is 33.4 Å². The highest BCUT2D eigenvalue weighted by molar-refractivity contribution is 7.00. The molecule has 0 amide bonds. The van der Waals surface area contributed by atoms with Gasteiger partial charge in [-0.3, -0.25) is 0 Å². The van der Waals surface area contributed by atoms with E-state index in [4.69, 9.17) is 0 Å². The van der Waals surface area contributed by atoms with Crippen LogP contribution in [-0.4, -0.2) is 12.3 Å². The van der Waals surface area contributed by atoms with Crippen molar-refractivity contribution in [3.05, 3.63) is 222 Å². The molecule has 382 valence electrons. The van der Waals surface area contributed by atoms with Crippen LogP contribution in [0.15, 0.2) is 200 Å². The fraction of sp³-hybridized carbons (Fsp3) is 0.260. The number of nitrogens with zero attached hydrogens (tertiary/aromatic N) is 3. The van der Waals surface area contributed by atoms with Crippen LogP contribution in [0.5, 0.6) is 0 Å². The summed E-state index contributed by atoms with van der Waals surface area (Å²) in [6, 6.07) is 77.2. The Hall–Kier alpha value is -7.56. The Morgan fingerprint density at radius 1 is 0.377 bits per heavy atom. The summed E-state index contributed by atoms with van der Waals surface area (Å²) in [6.45, 7) is 26.1. The fourth-order valence-electron chi connectivity index (χ4n) is 13.9. The molecule has 0 aromatic heterocycles. The lowest BCUT2D eigenvalue weighted by Crippen LogP contribution is -2.61. The van der Waals surface area contributed by atoms with Crippen molar-refractivity contribution in [2.24, 2.45) is 0 Å². The van der Waals surface area contributed by atoms with Crippen LogP contribution in [0, 0.1) is 0 Å². The van der Waals surface area contributed by atoms with Crippen LogP contribution in [0.2, 0.25) is 0 Å². The Morgan fingerprint density at radius 3 is 1.34 bits per heavy atom. The monoisotopic (exact) mass is 1000 g/mol. The lowest BCUT2D eigenvalue weighted by atomic mass is 9.33. The van der Waals surface area contributed by atoms with Crippen LogP contribution in [0.1, 0.15) is 118 Å². The molecule has 1 saturated carbocycles. The van der Waals surface area contributed by atoms with Gasteiger partial charge >= 0.3 is 0 Å². The van der Waals surface area contributed by atoms with E-state index in [-0.39, 0.29) is 33.9 Å². The van der Waals surface area contributed by atoms with Crippen molar-refractivity contribution in [2.45, 2.75) is 123 Å². The quantitative estimate of drug-likeness (QED) is 0.154. The summed E-state index contributed by atoms with van der Waals surface area (Å²) < 4.78 is 0. The molecule has 0 radical (unpaired) electrons. The van der Waals surface area contributed by atoms with Gasteiger partial charge in [0.2, 0.25) is 0 Å². The third kappa shape index (κ3) is 7.67. The molecule has 4 aliphatic rings. The minimum atomic E-state index is -0.148. The van der Waals surface area contributed by atoms with Crippen molar-refractivity contribution in [1.82, 2.24) is 0 Å². The highest BCUT2D eigenvalue weighted by Gasteiger charge is 2.60. The Kier molecular flexibility index (Phi) is 11.1. The Bertz CT molecular complexity index is 3770. The molecular weight excluding hydrogens is 930 g/mol. The van der Waals surface area contributed by atoms with Gasteiger partial charge in [-0.25, -0.2) is 0 Å². The van der Waals surface area contributed by atoms with Crippen LogP contribution in [0.4, 0.5) is 45.5 Å². The molecule has 1 fully saturated rings. The van der Waals surface area contributed by atoms with E-state index in [0.29, 0.717) is 0 Å². The number of rotatable bonds is 6. The number of hydrogen-bond donors (Lipinski definition) is 0. The minimum absolute atomic E-state index is 0.0123. The molecule has 2 unspecified atom stereocenters. The van der Waals surface area contributed by atoms with Crippen molar-refractivity contribution in [2.75, 3.05) is 14.7 Å². The lowest BCUT2D eigenvalue weighted by molar-refractivity contribution is 0.330. The Morgan fingerprint density at radius 2 is 0.818 bits per heavy atom. The van der Waals surface area contributed by atoms with Gasteiger partial charge in [-0.15, -0.1) is 0 Å². The minimum Gasteiger partial charge on any atom is -0.334 e. The van der Waals surface area contributed by atoms with Gasteiger partial charge in [-0.05, 0) is 152 Å². The molecule has 9 aromatic rings. The zero-order valence-corrected chi connectivity index (χ0v) is 47.1. The first kappa shape index (κ1) is 49.0. The molecule has 3 nitrogen and oxygen atoms in total. The van der Waals surface area contributed by atoms with Gasteiger partial charge in [0.05, 0.1) is 16.9 Å². The van der Waals surface area contributed by atoms with Crippen LogP contribution in [0.3, 0.4) is 0 Å². The van der Waals surface area contributed by atoms with Crippen LogP contribution < -0.4 is 31.1 Å². The van der Waals surface area contributed by atoms with E-state index < -0.39 is 0 Å². The first-order chi connectivity index (χ1) is 36.8. The van der Waals surface area contributed by atoms with Crippen LogP contribution >= 0.6 is 0 Å². The third-order valence-corrected chi connectivity index (χ3v) is 18.4. The van der Waals surface area contributed by atoms with Gasteiger partial charge in [0.1, 0.15) is 0 Å². The van der Waals surface area contributed by atoms with Crippen molar-refractivity contribution in [1.29, 1.82) is 0 Å². The molecule has 4 heteroatoms. The van der Waals surface area contributed by atoms with Crippen molar-refractivity contribution in [3.63, 3.8) is 0 Å². The molecule has 3 aliphatic heterocycles. The lowest BCUT2D eigenvalue weighted by Gasteiger charge is -2.47. The summed E-state index contributed by atoms with van der Waals surface area (Å²) >= 11 is 0. The zero-order chi connectivity index (χ0) is 53.4. The van der Waals surface area contributed by atoms with Gasteiger partial charge in [0.15, 0.2) is 0 Å². The Balaban J connectivity index is 1.20. The summed E-state index contributed by atoms with van der Waals surface area (Å²) in [5.74, 6) is 0. The highest BCUT2D eigenvalue weighted by Crippen LogP contribution is 2.63. The molecule has 0 spiro atoms. The predicted molar refractivity (Wildman–Crippen MR) is 331 cm³/mol. The van der Waals surface area contributed by atoms with E-state index in [9.17, 15) is 0 Å². The summed E-state index contributed by atoms with van der Waals surface area (Å²) in [5.41, 5.74) is 26.1. The van der Waals surface area contributed by atoms with E-state index in [1.807, 2.05) is 0 Å². The summed E-state index contributed by atoms with van der Waals surface area (Å²) in [4.78, 5) is 8.14. The van der Waals surface area contributed by atoms with Crippen molar-refractivity contribution >= 4 is 68.6 Å².